The molecule has 1 saturated carbocycles. The van der Waals surface area contributed by atoms with E-state index in [1.165, 1.54) is 32.1 Å². The van der Waals surface area contributed by atoms with Crippen molar-refractivity contribution in [3.8, 4) is 5.75 Å². The highest BCUT2D eigenvalue weighted by Crippen LogP contribution is 2.27. The Balaban J connectivity index is 1.70. The first-order chi connectivity index (χ1) is 9.65. The van der Waals surface area contributed by atoms with Crippen molar-refractivity contribution >= 4 is 23.2 Å². The zero-order valence-electron chi connectivity index (χ0n) is 11.5. The Kier molecular flexibility index (Phi) is 6.43. The lowest BCUT2D eigenvalue weighted by molar-refractivity contribution is -0.697. The Labute approximate surface area is 130 Å². The fourth-order valence-corrected chi connectivity index (χ4v) is 3.03. The molecule has 1 aliphatic rings. The molecule has 0 aliphatic heterocycles. The monoisotopic (exact) mass is 318 g/mol. The molecule has 20 heavy (non-hydrogen) atoms. The Morgan fingerprint density at radius 1 is 1.25 bits per heavy atom. The van der Waals surface area contributed by atoms with E-state index in [0.717, 1.165) is 0 Å². The van der Waals surface area contributed by atoms with Gasteiger partial charge in [0.25, 0.3) is 0 Å². The summed E-state index contributed by atoms with van der Waals surface area (Å²) in [5.74, 6) is 0.563. The van der Waals surface area contributed by atoms with Crippen molar-refractivity contribution in [3.63, 3.8) is 0 Å². The quantitative estimate of drug-likeness (QED) is 0.847. The van der Waals surface area contributed by atoms with Crippen molar-refractivity contribution < 1.29 is 15.2 Å². The van der Waals surface area contributed by atoms with E-state index in [9.17, 15) is 5.11 Å². The summed E-state index contributed by atoms with van der Waals surface area (Å²) in [5, 5.41) is 13.3. The molecular formula is C15H22Cl2NO2+. The number of aliphatic hydroxyl groups excluding tert-OH is 1. The third kappa shape index (κ3) is 5.13. The molecule has 0 saturated heterocycles. The van der Waals surface area contributed by atoms with Gasteiger partial charge in [-0.25, -0.2) is 0 Å². The standard InChI is InChI=1S/C15H21Cl2NO2/c16-11-6-7-15(14(17)8-11)20-10-13(19)9-18-12-4-2-1-3-5-12/h6-8,12-13,18-19H,1-5,9-10H2/p+1. The Hall–Kier alpha value is -0.480. The van der Waals surface area contributed by atoms with Gasteiger partial charge in [-0.15, -0.1) is 0 Å². The predicted molar refractivity (Wildman–Crippen MR) is 81.6 cm³/mol. The molecule has 0 bridgehead atoms. The molecule has 3 N–H and O–H groups in total. The molecule has 0 heterocycles. The lowest BCUT2D eigenvalue weighted by Gasteiger charge is -2.21. The van der Waals surface area contributed by atoms with Gasteiger partial charge in [-0.3, -0.25) is 0 Å². The maximum atomic E-state index is 9.96. The molecule has 0 aromatic heterocycles. The van der Waals surface area contributed by atoms with Gasteiger partial charge in [-0.1, -0.05) is 29.6 Å². The average molecular weight is 319 g/mol. The summed E-state index contributed by atoms with van der Waals surface area (Å²) < 4.78 is 5.53. The van der Waals surface area contributed by atoms with Crippen molar-refractivity contribution in [1.29, 1.82) is 0 Å². The van der Waals surface area contributed by atoms with Gasteiger partial charge in [-0.05, 0) is 43.9 Å². The minimum absolute atomic E-state index is 0.255. The normalized spacial score (nSPS) is 17.9. The van der Waals surface area contributed by atoms with Crippen LogP contribution in [0, 0.1) is 0 Å². The zero-order valence-corrected chi connectivity index (χ0v) is 13.0. The third-order valence-electron chi connectivity index (χ3n) is 3.72. The molecule has 1 unspecified atom stereocenters. The molecule has 1 atom stereocenters. The highest BCUT2D eigenvalue weighted by molar-refractivity contribution is 6.35. The fraction of sp³-hybridized carbons (Fsp3) is 0.600. The lowest BCUT2D eigenvalue weighted by Crippen LogP contribution is -2.92. The summed E-state index contributed by atoms with van der Waals surface area (Å²) in [6.07, 6.45) is 6.02. The molecule has 3 nitrogen and oxygen atoms in total. The molecule has 1 aromatic rings. The van der Waals surface area contributed by atoms with Crippen LogP contribution >= 0.6 is 23.2 Å². The molecule has 0 amide bonds. The molecule has 112 valence electrons. The van der Waals surface area contributed by atoms with Crippen molar-refractivity contribution in [3.05, 3.63) is 28.2 Å². The smallest absolute Gasteiger partial charge is 0.138 e. The number of nitrogens with two attached hydrogens (primary N) is 1. The van der Waals surface area contributed by atoms with Gasteiger partial charge in [0.05, 0.1) is 11.1 Å². The minimum Gasteiger partial charge on any atom is -0.489 e. The SMILES string of the molecule is OC(C[NH2+]C1CCCCC1)COc1ccc(Cl)cc1Cl. The van der Waals surface area contributed by atoms with Gasteiger partial charge in [-0.2, -0.15) is 0 Å². The summed E-state index contributed by atoms with van der Waals surface area (Å²) in [5.41, 5.74) is 0. The molecular weight excluding hydrogens is 297 g/mol. The van der Waals surface area contributed by atoms with Gasteiger partial charge in [0.15, 0.2) is 0 Å². The lowest BCUT2D eigenvalue weighted by atomic mass is 9.95. The van der Waals surface area contributed by atoms with Crippen LogP contribution in [0.15, 0.2) is 18.2 Å². The van der Waals surface area contributed by atoms with Crippen LogP contribution < -0.4 is 10.1 Å². The molecule has 1 aromatic carbocycles. The first kappa shape index (κ1) is 15.9. The van der Waals surface area contributed by atoms with Crippen LogP contribution in [0.5, 0.6) is 5.75 Å². The number of hydrogen-bond acceptors (Lipinski definition) is 2. The highest BCUT2D eigenvalue weighted by Gasteiger charge is 2.18. The van der Waals surface area contributed by atoms with Crippen molar-refractivity contribution in [2.24, 2.45) is 0 Å². The van der Waals surface area contributed by atoms with Crippen molar-refractivity contribution in [2.45, 2.75) is 44.2 Å². The fourth-order valence-electron chi connectivity index (χ4n) is 2.57. The van der Waals surface area contributed by atoms with E-state index in [1.807, 2.05) is 0 Å². The van der Waals surface area contributed by atoms with Crippen molar-refractivity contribution in [2.75, 3.05) is 13.2 Å². The summed E-state index contributed by atoms with van der Waals surface area (Å²) in [6, 6.07) is 5.75. The largest absolute Gasteiger partial charge is 0.489 e. The van der Waals surface area contributed by atoms with E-state index in [1.54, 1.807) is 18.2 Å². The van der Waals surface area contributed by atoms with Crippen LogP contribution in [-0.2, 0) is 0 Å². The second-order valence-corrected chi connectivity index (χ2v) is 6.25. The number of benzene rings is 1. The van der Waals surface area contributed by atoms with Gasteiger partial charge >= 0.3 is 0 Å². The van der Waals surface area contributed by atoms with Crippen LogP contribution in [0.2, 0.25) is 10.0 Å². The highest BCUT2D eigenvalue weighted by atomic mass is 35.5. The summed E-state index contributed by atoms with van der Waals surface area (Å²) >= 11 is 11.8. The van der Waals surface area contributed by atoms with Crippen LogP contribution in [0.1, 0.15) is 32.1 Å². The number of quaternary nitrogens is 1. The molecule has 1 aliphatic carbocycles. The maximum absolute atomic E-state index is 9.96. The molecule has 5 heteroatoms. The second-order valence-electron chi connectivity index (χ2n) is 5.41. The van der Waals surface area contributed by atoms with Crippen LogP contribution in [-0.4, -0.2) is 30.4 Å². The van der Waals surface area contributed by atoms with Crippen LogP contribution in [0.4, 0.5) is 0 Å². The Bertz CT molecular complexity index is 422. The van der Waals surface area contributed by atoms with E-state index < -0.39 is 6.10 Å². The van der Waals surface area contributed by atoms with Gasteiger partial charge in [0.2, 0.25) is 0 Å². The van der Waals surface area contributed by atoms with E-state index in [4.69, 9.17) is 27.9 Å². The number of hydrogen-bond donors (Lipinski definition) is 2. The van der Waals surface area contributed by atoms with Gasteiger partial charge in [0.1, 0.15) is 25.0 Å². The third-order valence-corrected chi connectivity index (χ3v) is 4.25. The second kappa shape index (κ2) is 8.08. The Morgan fingerprint density at radius 3 is 2.70 bits per heavy atom. The van der Waals surface area contributed by atoms with E-state index in [-0.39, 0.29) is 6.61 Å². The van der Waals surface area contributed by atoms with E-state index >= 15 is 0 Å². The number of halogens is 2. The average Bonchev–Trinajstić information content (AvgIpc) is 2.45. The first-order valence-corrected chi connectivity index (χ1v) is 8.00. The zero-order chi connectivity index (χ0) is 14.4. The van der Waals surface area contributed by atoms with Crippen molar-refractivity contribution in [1.82, 2.24) is 0 Å². The Morgan fingerprint density at radius 2 is 2.00 bits per heavy atom. The molecule has 2 rings (SSSR count). The first-order valence-electron chi connectivity index (χ1n) is 7.24. The number of ether oxygens (including phenoxy) is 1. The minimum atomic E-state index is -0.483. The number of aliphatic hydroxyl groups is 1. The topological polar surface area (TPSA) is 46.1 Å². The summed E-state index contributed by atoms with van der Waals surface area (Å²) in [7, 11) is 0. The van der Waals surface area contributed by atoms with Crippen LogP contribution in [0.25, 0.3) is 0 Å². The van der Waals surface area contributed by atoms with Crippen LogP contribution in [0.3, 0.4) is 0 Å². The summed E-state index contributed by atoms with van der Waals surface area (Å²) in [4.78, 5) is 0. The molecule has 0 radical (unpaired) electrons. The summed E-state index contributed by atoms with van der Waals surface area (Å²) in [6.45, 7) is 0.931. The van der Waals surface area contributed by atoms with E-state index in [0.29, 0.717) is 28.4 Å². The van der Waals surface area contributed by atoms with Gasteiger partial charge in [0, 0.05) is 5.02 Å². The number of rotatable bonds is 6. The van der Waals surface area contributed by atoms with E-state index in [2.05, 4.69) is 5.32 Å². The molecule has 1 fully saturated rings. The van der Waals surface area contributed by atoms with Gasteiger partial charge < -0.3 is 15.2 Å². The molecule has 0 spiro atoms. The predicted octanol–water partition coefficient (Wildman–Crippen LogP) is 2.63. The maximum Gasteiger partial charge on any atom is 0.138 e.